The summed E-state index contributed by atoms with van der Waals surface area (Å²) in [6, 6.07) is -0.508. The summed E-state index contributed by atoms with van der Waals surface area (Å²) in [4.78, 5) is 10.7. The number of hydrogen-bond acceptors (Lipinski definition) is 2. The number of amides is 2. The van der Waals surface area contributed by atoms with Crippen molar-refractivity contribution in [1.29, 1.82) is 0 Å². The molecule has 4 nitrogen and oxygen atoms in total. The molecule has 4 heteroatoms. The molecule has 0 aliphatic rings. The highest BCUT2D eigenvalue weighted by Gasteiger charge is 1.96. The normalized spacial score (nSPS) is 10.7. The highest BCUT2D eigenvalue weighted by Crippen LogP contribution is 2.13. The Morgan fingerprint density at radius 3 is 1.35 bits per heavy atom. The van der Waals surface area contributed by atoms with Gasteiger partial charge in [0.25, 0.3) is 0 Å². The van der Waals surface area contributed by atoms with Crippen molar-refractivity contribution in [2.75, 3.05) is 6.54 Å². The highest BCUT2D eigenvalue weighted by molar-refractivity contribution is 5.72. The van der Waals surface area contributed by atoms with Crippen LogP contribution in [0.25, 0.3) is 0 Å². The standard InChI is InChI=1S/C19H40N2O2/c1-2-3-4-5-6-7-8-9-10-11-12-13-14-15-16-17-18-20-19(22)21-23/h23H,2-18H2,1H3,(H2,20,21,22). The average molecular weight is 329 g/mol. The lowest BCUT2D eigenvalue weighted by Crippen LogP contribution is -2.33. The Labute approximate surface area is 143 Å². The molecule has 0 aromatic rings. The van der Waals surface area contributed by atoms with Crippen LogP contribution >= 0.6 is 0 Å². The molecule has 138 valence electrons. The molecule has 0 atom stereocenters. The maximum atomic E-state index is 10.7. The van der Waals surface area contributed by atoms with E-state index >= 15 is 0 Å². The van der Waals surface area contributed by atoms with Gasteiger partial charge in [-0.2, -0.15) is 0 Å². The molecule has 2 amide bonds. The molecule has 0 aromatic heterocycles. The van der Waals surface area contributed by atoms with Crippen LogP contribution in [0.2, 0.25) is 0 Å². The first-order valence-corrected chi connectivity index (χ1v) is 9.99. The third-order valence-corrected chi connectivity index (χ3v) is 4.42. The van der Waals surface area contributed by atoms with Crippen molar-refractivity contribution in [2.24, 2.45) is 0 Å². The minimum absolute atomic E-state index is 0.508. The summed E-state index contributed by atoms with van der Waals surface area (Å²) in [5, 5.41) is 10.9. The zero-order valence-corrected chi connectivity index (χ0v) is 15.4. The lowest BCUT2D eigenvalue weighted by Gasteiger charge is -2.04. The fraction of sp³-hybridized carbons (Fsp3) is 0.947. The molecule has 0 bridgehead atoms. The van der Waals surface area contributed by atoms with Gasteiger partial charge in [0.05, 0.1) is 0 Å². The molecular weight excluding hydrogens is 288 g/mol. The van der Waals surface area contributed by atoms with E-state index < -0.39 is 6.03 Å². The molecule has 0 rings (SSSR count). The zero-order chi connectivity index (χ0) is 17.0. The van der Waals surface area contributed by atoms with E-state index in [0.717, 1.165) is 12.8 Å². The predicted octanol–water partition coefficient (Wildman–Crippen LogP) is 5.94. The molecule has 0 spiro atoms. The lowest BCUT2D eigenvalue weighted by molar-refractivity contribution is 0.161. The van der Waals surface area contributed by atoms with E-state index in [0.29, 0.717) is 6.54 Å². The van der Waals surface area contributed by atoms with Crippen molar-refractivity contribution in [2.45, 2.75) is 110 Å². The highest BCUT2D eigenvalue weighted by atomic mass is 16.5. The SMILES string of the molecule is CCCCCCCCCCCCCCCCCCNC(=O)NO. The van der Waals surface area contributed by atoms with Gasteiger partial charge in [-0.05, 0) is 6.42 Å². The van der Waals surface area contributed by atoms with Gasteiger partial charge in [0.2, 0.25) is 0 Å². The van der Waals surface area contributed by atoms with Crippen LogP contribution in [0.3, 0.4) is 0 Å². The van der Waals surface area contributed by atoms with Crippen LogP contribution in [0.5, 0.6) is 0 Å². The predicted molar refractivity (Wildman–Crippen MR) is 97.9 cm³/mol. The number of carbonyl (C=O) groups is 1. The van der Waals surface area contributed by atoms with Crippen LogP contribution in [-0.4, -0.2) is 17.8 Å². The summed E-state index contributed by atoms with van der Waals surface area (Å²) < 4.78 is 0. The molecule has 0 fully saturated rings. The summed E-state index contributed by atoms with van der Waals surface area (Å²) >= 11 is 0. The fourth-order valence-electron chi connectivity index (χ4n) is 2.91. The fourth-order valence-corrected chi connectivity index (χ4v) is 2.91. The van der Waals surface area contributed by atoms with Crippen LogP contribution in [-0.2, 0) is 0 Å². The lowest BCUT2D eigenvalue weighted by atomic mass is 10.0. The second-order valence-electron chi connectivity index (χ2n) is 6.67. The quantitative estimate of drug-likeness (QED) is 0.176. The first-order valence-electron chi connectivity index (χ1n) is 9.99. The van der Waals surface area contributed by atoms with Gasteiger partial charge in [-0.3, -0.25) is 5.21 Å². The van der Waals surface area contributed by atoms with E-state index in [1.807, 2.05) is 0 Å². The molecular formula is C19H40N2O2. The Morgan fingerprint density at radius 1 is 0.652 bits per heavy atom. The molecule has 0 unspecified atom stereocenters. The van der Waals surface area contributed by atoms with E-state index in [4.69, 9.17) is 5.21 Å². The molecule has 0 aliphatic carbocycles. The van der Waals surface area contributed by atoms with Gasteiger partial charge < -0.3 is 5.32 Å². The third kappa shape index (κ3) is 19.2. The average Bonchev–Trinajstić information content (AvgIpc) is 2.57. The molecule has 0 heterocycles. The molecule has 0 aliphatic heterocycles. The van der Waals surface area contributed by atoms with E-state index in [-0.39, 0.29) is 0 Å². The van der Waals surface area contributed by atoms with Crippen LogP contribution < -0.4 is 10.8 Å². The Bertz CT molecular complexity index is 248. The molecule has 0 radical (unpaired) electrons. The van der Waals surface area contributed by atoms with E-state index in [9.17, 15) is 4.79 Å². The van der Waals surface area contributed by atoms with Gasteiger partial charge in [0.15, 0.2) is 0 Å². The van der Waals surface area contributed by atoms with Crippen LogP contribution in [0.15, 0.2) is 0 Å². The summed E-state index contributed by atoms with van der Waals surface area (Å²) in [5.41, 5.74) is 1.57. The minimum Gasteiger partial charge on any atom is -0.336 e. The maximum Gasteiger partial charge on any atom is 0.338 e. The molecule has 0 aromatic carbocycles. The smallest absolute Gasteiger partial charge is 0.336 e. The van der Waals surface area contributed by atoms with Gasteiger partial charge in [-0.1, -0.05) is 103 Å². The summed E-state index contributed by atoms with van der Waals surface area (Å²) in [5.74, 6) is 0. The minimum atomic E-state index is -0.508. The maximum absolute atomic E-state index is 10.7. The Kier molecular flexibility index (Phi) is 18.6. The second kappa shape index (κ2) is 19.3. The summed E-state index contributed by atoms with van der Waals surface area (Å²) in [7, 11) is 0. The van der Waals surface area contributed by atoms with Crippen LogP contribution in [0, 0.1) is 0 Å². The zero-order valence-electron chi connectivity index (χ0n) is 15.4. The van der Waals surface area contributed by atoms with Crippen molar-refractivity contribution in [3.63, 3.8) is 0 Å². The monoisotopic (exact) mass is 328 g/mol. The first kappa shape index (κ1) is 22.2. The number of carbonyl (C=O) groups excluding carboxylic acids is 1. The van der Waals surface area contributed by atoms with E-state index in [1.54, 1.807) is 5.48 Å². The van der Waals surface area contributed by atoms with E-state index in [2.05, 4.69) is 12.2 Å². The van der Waals surface area contributed by atoms with Gasteiger partial charge in [-0.25, -0.2) is 10.3 Å². The number of hydrogen-bond donors (Lipinski definition) is 3. The van der Waals surface area contributed by atoms with Crippen molar-refractivity contribution in [1.82, 2.24) is 10.8 Å². The topological polar surface area (TPSA) is 61.4 Å². The van der Waals surface area contributed by atoms with Gasteiger partial charge in [0, 0.05) is 6.54 Å². The third-order valence-electron chi connectivity index (χ3n) is 4.42. The molecule has 0 saturated heterocycles. The number of unbranched alkanes of at least 4 members (excludes halogenated alkanes) is 15. The van der Waals surface area contributed by atoms with Gasteiger partial charge in [-0.15, -0.1) is 0 Å². The largest absolute Gasteiger partial charge is 0.338 e. The number of urea groups is 1. The van der Waals surface area contributed by atoms with Crippen molar-refractivity contribution < 1.29 is 10.0 Å². The number of hydroxylamine groups is 1. The molecule has 3 N–H and O–H groups in total. The molecule has 23 heavy (non-hydrogen) atoms. The van der Waals surface area contributed by atoms with Gasteiger partial charge in [0.1, 0.15) is 0 Å². The van der Waals surface area contributed by atoms with Crippen molar-refractivity contribution >= 4 is 6.03 Å². The van der Waals surface area contributed by atoms with Crippen LogP contribution in [0.4, 0.5) is 4.79 Å². The van der Waals surface area contributed by atoms with Crippen LogP contribution in [0.1, 0.15) is 110 Å². The van der Waals surface area contributed by atoms with Crippen molar-refractivity contribution in [3.05, 3.63) is 0 Å². The van der Waals surface area contributed by atoms with Crippen molar-refractivity contribution in [3.8, 4) is 0 Å². The first-order chi connectivity index (χ1) is 11.3. The Balaban J connectivity index is 2.99. The number of nitrogens with one attached hydrogen (secondary N) is 2. The number of rotatable bonds is 17. The summed E-state index contributed by atoms with van der Waals surface area (Å²) in [6.07, 6.45) is 21.6. The summed E-state index contributed by atoms with van der Waals surface area (Å²) in [6.45, 7) is 2.92. The van der Waals surface area contributed by atoms with E-state index in [1.165, 1.54) is 89.9 Å². The Morgan fingerprint density at radius 2 is 1.00 bits per heavy atom. The Hall–Kier alpha value is -0.770. The molecule has 0 saturated carbocycles. The second-order valence-corrected chi connectivity index (χ2v) is 6.67. The van der Waals surface area contributed by atoms with Gasteiger partial charge >= 0.3 is 6.03 Å².